The van der Waals surface area contributed by atoms with Crippen LogP contribution in [-0.2, 0) is 11.3 Å². The van der Waals surface area contributed by atoms with Crippen molar-refractivity contribution in [3.05, 3.63) is 66.1 Å². The summed E-state index contributed by atoms with van der Waals surface area (Å²) in [5.74, 6) is 1.58. The van der Waals surface area contributed by atoms with Crippen LogP contribution in [0.1, 0.15) is 37.8 Å². The highest BCUT2D eigenvalue weighted by Gasteiger charge is 2.06. The summed E-state index contributed by atoms with van der Waals surface area (Å²) in [6.45, 7) is 6.87. The zero-order valence-corrected chi connectivity index (χ0v) is 19.2. The smallest absolute Gasteiger partial charge is 0.191 e. The molecule has 1 aromatic carbocycles. The maximum absolute atomic E-state index is 5.92. The summed E-state index contributed by atoms with van der Waals surface area (Å²) in [6.07, 6.45) is 2.95. The molecule has 0 aliphatic heterocycles. The first kappa shape index (κ1) is 23.1. The lowest BCUT2D eigenvalue weighted by Gasteiger charge is -2.14. The number of nitrogens with zero attached hydrogens (tertiary/aromatic N) is 4. The molecule has 0 radical (unpaired) electrons. The number of aliphatic imine (C=N–C) groups is 1. The van der Waals surface area contributed by atoms with Crippen molar-refractivity contribution < 1.29 is 4.74 Å². The standard InChI is InChI=1S/C21H28N6O.HI/c1-3-22-21(24-16-20-26-25-19-12-7-8-14-27(19)20)23-13-9-15-28-17(2)18-10-5-4-6-11-18;/h4-8,10-12,14,17H,3,9,13,15-16H2,1-2H3,(H2,22,23,24);1H. The number of nitrogens with one attached hydrogen (secondary N) is 2. The van der Waals surface area contributed by atoms with E-state index >= 15 is 0 Å². The molecule has 156 valence electrons. The Kier molecular flexibility index (Phi) is 9.85. The number of hydrogen-bond acceptors (Lipinski definition) is 4. The van der Waals surface area contributed by atoms with Crippen LogP contribution in [-0.4, -0.2) is 40.3 Å². The van der Waals surface area contributed by atoms with Crippen LogP contribution in [0, 0.1) is 0 Å². The molecule has 8 heteroatoms. The van der Waals surface area contributed by atoms with E-state index in [9.17, 15) is 0 Å². The second kappa shape index (κ2) is 12.4. The van der Waals surface area contributed by atoms with E-state index in [1.54, 1.807) is 0 Å². The first-order chi connectivity index (χ1) is 13.8. The predicted molar refractivity (Wildman–Crippen MR) is 127 cm³/mol. The van der Waals surface area contributed by atoms with Crippen molar-refractivity contribution in [2.75, 3.05) is 19.7 Å². The van der Waals surface area contributed by atoms with Gasteiger partial charge in [-0.1, -0.05) is 36.4 Å². The Hall–Kier alpha value is -2.20. The quantitative estimate of drug-likeness (QED) is 0.200. The van der Waals surface area contributed by atoms with Crippen molar-refractivity contribution in [3.63, 3.8) is 0 Å². The number of fused-ring (bicyclic) bond motifs is 1. The third-order valence-electron chi connectivity index (χ3n) is 4.36. The van der Waals surface area contributed by atoms with Gasteiger partial charge in [-0.2, -0.15) is 0 Å². The van der Waals surface area contributed by atoms with Gasteiger partial charge in [-0.05, 0) is 38.0 Å². The topological polar surface area (TPSA) is 75.8 Å². The minimum atomic E-state index is 0. The molecule has 0 spiro atoms. The van der Waals surface area contributed by atoms with Gasteiger partial charge in [0, 0.05) is 25.9 Å². The maximum atomic E-state index is 5.92. The van der Waals surface area contributed by atoms with Crippen LogP contribution >= 0.6 is 24.0 Å². The predicted octanol–water partition coefficient (Wildman–Crippen LogP) is 3.57. The Balaban J connectivity index is 0.00000300. The lowest BCUT2D eigenvalue weighted by atomic mass is 10.1. The number of benzene rings is 1. The number of aromatic nitrogens is 3. The first-order valence-corrected chi connectivity index (χ1v) is 9.75. The molecule has 3 rings (SSSR count). The van der Waals surface area contributed by atoms with E-state index in [-0.39, 0.29) is 30.1 Å². The van der Waals surface area contributed by atoms with Crippen molar-refractivity contribution >= 4 is 35.6 Å². The second-order valence-corrected chi connectivity index (χ2v) is 6.44. The number of pyridine rings is 1. The van der Waals surface area contributed by atoms with Crippen LogP contribution < -0.4 is 10.6 Å². The molecule has 0 fully saturated rings. The van der Waals surface area contributed by atoms with E-state index in [0.717, 1.165) is 36.9 Å². The number of ether oxygens (including phenoxy) is 1. The van der Waals surface area contributed by atoms with Gasteiger partial charge in [-0.3, -0.25) is 4.40 Å². The van der Waals surface area contributed by atoms with Crippen LogP contribution in [0.25, 0.3) is 5.65 Å². The zero-order chi connectivity index (χ0) is 19.6. The van der Waals surface area contributed by atoms with Crippen LogP contribution in [0.3, 0.4) is 0 Å². The van der Waals surface area contributed by atoms with E-state index in [2.05, 4.69) is 44.9 Å². The lowest BCUT2D eigenvalue weighted by Crippen LogP contribution is -2.38. The highest BCUT2D eigenvalue weighted by atomic mass is 127. The van der Waals surface area contributed by atoms with Crippen LogP contribution in [0.4, 0.5) is 0 Å². The molecule has 2 heterocycles. The lowest BCUT2D eigenvalue weighted by molar-refractivity contribution is 0.0646. The molecule has 29 heavy (non-hydrogen) atoms. The highest BCUT2D eigenvalue weighted by molar-refractivity contribution is 14.0. The number of halogens is 1. The molecule has 7 nitrogen and oxygen atoms in total. The molecule has 2 N–H and O–H groups in total. The molecular formula is C21H29IN6O. The molecule has 0 aliphatic carbocycles. The van der Waals surface area contributed by atoms with Crippen LogP contribution in [0.15, 0.2) is 59.7 Å². The Morgan fingerprint density at radius 2 is 1.90 bits per heavy atom. The summed E-state index contributed by atoms with van der Waals surface area (Å²) in [5, 5.41) is 15.0. The van der Waals surface area contributed by atoms with Crippen molar-refractivity contribution in [2.24, 2.45) is 4.99 Å². The van der Waals surface area contributed by atoms with Crippen molar-refractivity contribution in [1.82, 2.24) is 25.2 Å². The first-order valence-electron chi connectivity index (χ1n) is 9.75. The fourth-order valence-corrected chi connectivity index (χ4v) is 2.85. The number of hydrogen-bond donors (Lipinski definition) is 2. The minimum Gasteiger partial charge on any atom is -0.374 e. The van der Waals surface area contributed by atoms with E-state index in [0.29, 0.717) is 13.2 Å². The van der Waals surface area contributed by atoms with Gasteiger partial charge < -0.3 is 15.4 Å². The summed E-state index contributed by atoms with van der Waals surface area (Å²) in [6, 6.07) is 16.1. The molecule has 0 saturated carbocycles. The van der Waals surface area contributed by atoms with E-state index < -0.39 is 0 Å². The minimum absolute atomic E-state index is 0. The molecular weight excluding hydrogens is 479 g/mol. The van der Waals surface area contributed by atoms with Crippen molar-refractivity contribution in [3.8, 4) is 0 Å². The van der Waals surface area contributed by atoms with Crippen molar-refractivity contribution in [1.29, 1.82) is 0 Å². The van der Waals surface area contributed by atoms with Gasteiger partial charge in [0.15, 0.2) is 17.4 Å². The Morgan fingerprint density at radius 3 is 2.69 bits per heavy atom. The van der Waals surface area contributed by atoms with Gasteiger partial charge in [0.25, 0.3) is 0 Å². The normalized spacial score (nSPS) is 12.4. The average molecular weight is 508 g/mol. The third-order valence-corrected chi connectivity index (χ3v) is 4.36. The monoisotopic (exact) mass is 508 g/mol. The summed E-state index contributed by atoms with van der Waals surface area (Å²) in [4.78, 5) is 4.62. The zero-order valence-electron chi connectivity index (χ0n) is 16.9. The largest absolute Gasteiger partial charge is 0.374 e. The molecule has 1 atom stereocenters. The van der Waals surface area contributed by atoms with Gasteiger partial charge >= 0.3 is 0 Å². The van der Waals surface area contributed by atoms with Gasteiger partial charge in [0.05, 0.1) is 6.10 Å². The summed E-state index contributed by atoms with van der Waals surface area (Å²) in [7, 11) is 0. The van der Waals surface area contributed by atoms with Gasteiger partial charge in [0.2, 0.25) is 0 Å². The fraction of sp³-hybridized carbons (Fsp3) is 0.381. The van der Waals surface area contributed by atoms with E-state index in [1.807, 2.05) is 53.9 Å². The Labute approximate surface area is 189 Å². The van der Waals surface area contributed by atoms with E-state index in [4.69, 9.17) is 4.74 Å². The summed E-state index contributed by atoms with van der Waals surface area (Å²) < 4.78 is 7.87. The van der Waals surface area contributed by atoms with Gasteiger partial charge in [-0.15, -0.1) is 34.2 Å². The molecule has 0 amide bonds. The van der Waals surface area contributed by atoms with Crippen molar-refractivity contribution in [2.45, 2.75) is 32.9 Å². The Bertz CT molecular complexity index is 883. The molecule has 1 unspecified atom stereocenters. The molecule has 0 saturated heterocycles. The Morgan fingerprint density at radius 1 is 1.10 bits per heavy atom. The molecule has 2 aromatic heterocycles. The molecule has 3 aromatic rings. The molecule has 0 bridgehead atoms. The average Bonchev–Trinajstić information content (AvgIpc) is 3.15. The summed E-state index contributed by atoms with van der Waals surface area (Å²) in [5.41, 5.74) is 2.03. The SMILES string of the molecule is CCNC(=NCc1nnc2ccccn12)NCCCOC(C)c1ccccc1.I. The summed E-state index contributed by atoms with van der Waals surface area (Å²) >= 11 is 0. The number of rotatable bonds is 9. The molecule has 0 aliphatic rings. The highest BCUT2D eigenvalue weighted by Crippen LogP contribution is 2.15. The van der Waals surface area contributed by atoms with Crippen LogP contribution in [0.5, 0.6) is 0 Å². The number of guanidine groups is 1. The fourth-order valence-electron chi connectivity index (χ4n) is 2.85. The maximum Gasteiger partial charge on any atom is 0.191 e. The third kappa shape index (κ3) is 6.97. The second-order valence-electron chi connectivity index (χ2n) is 6.44. The van der Waals surface area contributed by atoms with Gasteiger partial charge in [-0.25, -0.2) is 4.99 Å². The van der Waals surface area contributed by atoms with Crippen LogP contribution in [0.2, 0.25) is 0 Å². The van der Waals surface area contributed by atoms with E-state index in [1.165, 1.54) is 5.56 Å². The van der Waals surface area contributed by atoms with Gasteiger partial charge in [0.1, 0.15) is 6.54 Å².